The number of rotatable bonds is 31. The lowest BCUT2D eigenvalue weighted by Gasteiger charge is -2.20. The fraction of sp³-hybridized carbons (Fsp3) is 0.686. The van der Waals surface area contributed by atoms with Crippen LogP contribution in [0, 0.1) is 5.92 Å². The molecule has 338 valence electrons. The minimum atomic E-state index is -3.94. The fourth-order valence-electron chi connectivity index (χ4n) is 7.31. The highest BCUT2D eigenvalue weighted by Crippen LogP contribution is 2.44. The molecule has 0 aromatic rings. The van der Waals surface area contributed by atoms with Gasteiger partial charge in [-0.1, -0.05) is 100 Å². The van der Waals surface area contributed by atoms with E-state index in [1.165, 1.54) is 57.4 Å². The molecule has 5 N–H and O–H groups in total. The van der Waals surface area contributed by atoms with Gasteiger partial charge in [-0.05, 0) is 177 Å². The summed E-state index contributed by atoms with van der Waals surface area (Å²) in [6, 6.07) is -1.51. The zero-order valence-electron chi connectivity index (χ0n) is 39.2. The third kappa shape index (κ3) is 28.2. The molecular weight excluding hydrogens is 754 g/mol. The van der Waals surface area contributed by atoms with Gasteiger partial charge in [0.05, 0.1) is 37.6 Å². The summed E-state index contributed by atoms with van der Waals surface area (Å²) >= 11 is 0. The van der Waals surface area contributed by atoms with Gasteiger partial charge in [-0.3, -0.25) is 4.57 Å². The van der Waals surface area contributed by atoms with Crippen molar-refractivity contribution in [1.29, 1.82) is 0 Å². The molecule has 0 amide bonds. The molecule has 1 saturated heterocycles. The minimum absolute atomic E-state index is 0.162. The smallest absolute Gasteiger partial charge is 0.329 e. The van der Waals surface area contributed by atoms with Crippen LogP contribution in [-0.4, -0.2) is 63.9 Å². The first kappa shape index (κ1) is 54.9. The molecule has 1 fully saturated rings. The van der Waals surface area contributed by atoms with E-state index in [4.69, 9.17) is 4.52 Å². The maximum absolute atomic E-state index is 12.5. The van der Waals surface area contributed by atoms with E-state index in [0.717, 1.165) is 89.9 Å². The number of hydrogen-bond donors (Lipinski definition) is 5. The first-order chi connectivity index (χ1) is 27.9. The van der Waals surface area contributed by atoms with E-state index in [9.17, 15) is 24.8 Å². The Morgan fingerprint density at radius 3 is 1.19 bits per heavy atom. The predicted molar refractivity (Wildman–Crippen MR) is 254 cm³/mol. The maximum atomic E-state index is 12.5. The topological polar surface area (TPSA) is 119 Å². The molecule has 1 aliphatic heterocycles. The lowest BCUT2D eigenvalue weighted by molar-refractivity contribution is 0.0212. The number of nitrogens with one attached hydrogen (secondary N) is 1. The Morgan fingerprint density at radius 2 is 0.864 bits per heavy atom. The van der Waals surface area contributed by atoms with Crippen LogP contribution < -0.4 is 5.32 Å². The van der Waals surface area contributed by atoms with Crippen molar-refractivity contribution in [2.24, 2.45) is 5.92 Å². The number of allylic oxidation sites excluding steroid dienone is 16. The van der Waals surface area contributed by atoms with E-state index in [2.05, 4.69) is 123 Å². The molecule has 59 heavy (non-hydrogen) atoms. The molecule has 0 aliphatic carbocycles. The summed E-state index contributed by atoms with van der Waals surface area (Å²) in [6.07, 6.45) is 34.9. The first-order valence-corrected chi connectivity index (χ1v) is 24.6. The Labute approximate surface area is 362 Å². The second kappa shape index (κ2) is 31.7. The first-order valence-electron chi connectivity index (χ1n) is 22.8. The van der Waals surface area contributed by atoms with Crippen LogP contribution in [0.4, 0.5) is 0 Å². The van der Waals surface area contributed by atoms with Crippen LogP contribution in [0.25, 0.3) is 0 Å². The summed E-state index contributed by atoms with van der Waals surface area (Å²) in [6.45, 7) is 22.1. The minimum Gasteiger partial charge on any atom is -0.395 e. The van der Waals surface area contributed by atoms with Crippen molar-refractivity contribution in [2.75, 3.05) is 19.4 Å². The van der Waals surface area contributed by atoms with Crippen molar-refractivity contribution >= 4 is 7.60 Å². The quantitative estimate of drug-likeness (QED) is 0.0348. The Balaban J connectivity index is 2.22. The maximum Gasteiger partial charge on any atom is 0.329 e. The molecule has 0 radical (unpaired) electrons. The molecule has 8 heteroatoms. The number of aliphatic hydroxyl groups excluding tert-OH is 3. The Morgan fingerprint density at radius 1 is 0.542 bits per heavy atom. The van der Waals surface area contributed by atoms with Crippen molar-refractivity contribution in [2.45, 2.75) is 203 Å². The van der Waals surface area contributed by atoms with Gasteiger partial charge in [0, 0.05) is 6.04 Å². The number of hydrogen-bond acceptors (Lipinski definition) is 6. The Kier molecular flexibility index (Phi) is 29.5. The van der Waals surface area contributed by atoms with Crippen LogP contribution in [0.3, 0.4) is 0 Å². The SMILES string of the molecule is CC(C)=CCC/C(C)=C/CC/C(C)=C/CC/C(C)=C/CC/C(C)=C/CC/C(C)=C/CC/C(C)=C/CC/C(C)=C/CC[C@H](C)CCOP(=O)(O)C[C@@H]1N[C@H](CO)[C@@H](O)[C@@H]1O. The zero-order valence-corrected chi connectivity index (χ0v) is 40.1. The Bertz CT molecular complexity index is 1490. The highest BCUT2D eigenvalue weighted by Gasteiger charge is 2.43. The molecule has 7 nitrogen and oxygen atoms in total. The monoisotopic (exact) mass is 842 g/mol. The molecular formula is C51H88NO6P. The van der Waals surface area contributed by atoms with Gasteiger partial charge in [0.15, 0.2) is 0 Å². The van der Waals surface area contributed by atoms with E-state index in [1.54, 1.807) is 0 Å². The van der Waals surface area contributed by atoms with Gasteiger partial charge < -0.3 is 30.1 Å². The molecule has 0 bridgehead atoms. The second-order valence-electron chi connectivity index (χ2n) is 18.1. The lowest BCUT2D eigenvalue weighted by Crippen LogP contribution is -2.37. The van der Waals surface area contributed by atoms with Crippen LogP contribution in [0.5, 0.6) is 0 Å². The van der Waals surface area contributed by atoms with Gasteiger partial charge in [0.1, 0.15) is 0 Å². The van der Waals surface area contributed by atoms with E-state index >= 15 is 0 Å². The average molecular weight is 842 g/mol. The van der Waals surface area contributed by atoms with Crippen LogP contribution in [0.2, 0.25) is 0 Å². The highest BCUT2D eigenvalue weighted by molar-refractivity contribution is 7.52. The molecule has 0 aromatic carbocycles. The van der Waals surface area contributed by atoms with E-state index in [1.807, 2.05) is 0 Å². The molecule has 1 rings (SSSR count). The summed E-state index contributed by atoms with van der Waals surface area (Å²) in [5, 5.41) is 32.1. The van der Waals surface area contributed by atoms with Crippen molar-refractivity contribution in [3.8, 4) is 0 Å². The lowest BCUT2D eigenvalue weighted by atomic mass is 10.0. The predicted octanol–water partition coefficient (Wildman–Crippen LogP) is 13.1. The standard InChI is InChI=1S/C51H88NO6P/c1-39(2)19-11-20-40(3)21-12-22-41(4)23-13-24-42(5)25-14-26-43(6)27-15-28-44(7)29-16-30-45(8)31-17-32-46(9)33-18-34-47(10)35-36-58-59(56,57)38-49-51(55)50(54)48(37-53)52-49/h19,21,23,25,27,29,31,33,47-55H,11-18,20,22,24,26,28,30,32,34-38H2,1-10H3,(H,56,57)/b40-21+,41-23+,42-25+,43-27+,44-29+,45-31+,46-33+/t47-,48+,49-,50+,51+/m0/s1. The largest absolute Gasteiger partial charge is 0.395 e. The summed E-state index contributed by atoms with van der Waals surface area (Å²) < 4.78 is 17.8. The summed E-state index contributed by atoms with van der Waals surface area (Å²) in [5.41, 5.74) is 11.8. The van der Waals surface area contributed by atoms with E-state index in [-0.39, 0.29) is 19.4 Å². The molecule has 1 heterocycles. The normalized spacial score (nSPS) is 21.9. The second-order valence-corrected chi connectivity index (χ2v) is 20.0. The van der Waals surface area contributed by atoms with Crippen molar-refractivity contribution < 1.29 is 29.3 Å². The molecule has 1 aliphatic rings. The van der Waals surface area contributed by atoms with Gasteiger partial charge in [-0.15, -0.1) is 0 Å². The van der Waals surface area contributed by atoms with Crippen LogP contribution in [0.1, 0.15) is 178 Å². The van der Waals surface area contributed by atoms with Gasteiger partial charge in [-0.2, -0.15) is 0 Å². The van der Waals surface area contributed by atoms with E-state index < -0.39 is 31.9 Å². The average Bonchev–Trinajstić information content (AvgIpc) is 3.41. The molecule has 6 atom stereocenters. The van der Waals surface area contributed by atoms with Crippen LogP contribution >= 0.6 is 7.60 Å². The van der Waals surface area contributed by atoms with Gasteiger partial charge in [0.25, 0.3) is 0 Å². The van der Waals surface area contributed by atoms with Crippen LogP contribution in [-0.2, 0) is 9.09 Å². The van der Waals surface area contributed by atoms with Crippen molar-refractivity contribution in [3.63, 3.8) is 0 Å². The molecule has 0 aromatic heterocycles. The van der Waals surface area contributed by atoms with Gasteiger partial charge in [0.2, 0.25) is 0 Å². The summed E-state index contributed by atoms with van der Waals surface area (Å²) in [5.74, 6) is 0.341. The van der Waals surface area contributed by atoms with Crippen molar-refractivity contribution in [3.05, 3.63) is 93.2 Å². The molecule has 0 saturated carbocycles. The highest BCUT2D eigenvalue weighted by atomic mass is 31.2. The van der Waals surface area contributed by atoms with E-state index in [0.29, 0.717) is 12.3 Å². The van der Waals surface area contributed by atoms with Crippen molar-refractivity contribution in [1.82, 2.24) is 5.32 Å². The molecule has 0 spiro atoms. The van der Waals surface area contributed by atoms with Gasteiger partial charge in [-0.25, -0.2) is 0 Å². The Hall–Kier alpha value is -2.09. The van der Waals surface area contributed by atoms with Gasteiger partial charge >= 0.3 is 7.60 Å². The third-order valence-corrected chi connectivity index (χ3v) is 13.0. The third-order valence-electron chi connectivity index (χ3n) is 11.6. The molecule has 1 unspecified atom stereocenters. The fourth-order valence-corrected chi connectivity index (χ4v) is 8.62. The summed E-state index contributed by atoms with van der Waals surface area (Å²) in [4.78, 5) is 10.3. The summed E-state index contributed by atoms with van der Waals surface area (Å²) in [7, 11) is -3.94. The van der Waals surface area contributed by atoms with Crippen LogP contribution in [0.15, 0.2) is 93.2 Å². The number of aliphatic hydroxyl groups is 3. The zero-order chi connectivity index (χ0) is 44.2.